The Balaban J connectivity index is 1.80. The molecule has 2 rings (SSSR count). The van der Waals surface area contributed by atoms with Gasteiger partial charge in [-0.1, -0.05) is 12.1 Å². The van der Waals surface area contributed by atoms with E-state index in [1.54, 1.807) is 35.7 Å². The lowest BCUT2D eigenvalue weighted by Gasteiger charge is -2.13. The minimum atomic E-state index is -0.628. The second-order valence-corrected chi connectivity index (χ2v) is 5.95. The fraction of sp³-hybridized carbons (Fsp3) is 0.188. The zero-order valence-corrected chi connectivity index (χ0v) is 14.1. The molecule has 0 atom stereocenters. The summed E-state index contributed by atoms with van der Waals surface area (Å²) in [7, 11) is 3.71. The maximum absolute atomic E-state index is 11.9. The summed E-state index contributed by atoms with van der Waals surface area (Å²) >= 11 is 1.25. The third-order valence-electron chi connectivity index (χ3n) is 2.99. The summed E-state index contributed by atoms with van der Waals surface area (Å²) in [6.45, 7) is -0.490. The molecule has 126 valence electrons. The van der Waals surface area contributed by atoms with Crippen LogP contribution in [0.5, 0.6) is 0 Å². The topological polar surface area (TPSA) is 87.7 Å². The average Bonchev–Trinajstić information content (AvgIpc) is 3.12. The smallest absolute Gasteiger partial charge is 0.338 e. The van der Waals surface area contributed by atoms with Crippen molar-refractivity contribution in [3.8, 4) is 0 Å². The highest BCUT2D eigenvalue weighted by Crippen LogP contribution is 2.14. The second-order valence-electron chi connectivity index (χ2n) is 5.00. The fourth-order valence-corrected chi connectivity index (χ4v) is 2.38. The van der Waals surface area contributed by atoms with Gasteiger partial charge in [-0.2, -0.15) is 0 Å². The Hall–Kier alpha value is -2.87. The molecule has 7 nitrogen and oxygen atoms in total. The van der Waals surface area contributed by atoms with Crippen LogP contribution in [0.3, 0.4) is 0 Å². The first-order valence-corrected chi connectivity index (χ1v) is 7.92. The van der Waals surface area contributed by atoms with Crippen LogP contribution < -0.4 is 15.8 Å². The maximum Gasteiger partial charge on any atom is 0.338 e. The van der Waals surface area contributed by atoms with E-state index in [1.165, 1.54) is 11.3 Å². The molecule has 8 heteroatoms. The summed E-state index contributed by atoms with van der Waals surface area (Å²) in [5.74, 6) is -1.67. The molecule has 0 radical (unpaired) electrons. The lowest BCUT2D eigenvalue weighted by Crippen LogP contribution is -2.43. The van der Waals surface area contributed by atoms with E-state index < -0.39 is 24.4 Å². The van der Waals surface area contributed by atoms with Gasteiger partial charge >= 0.3 is 5.97 Å². The maximum atomic E-state index is 11.9. The highest BCUT2D eigenvalue weighted by atomic mass is 32.1. The van der Waals surface area contributed by atoms with Crippen molar-refractivity contribution in [2.75, 3.05) is 25.6 Å². The fourth-order valence-electron chi connectivity index (χ4n) is 1.76. The Morgan fingerprint density at radius 1 is 1.12 bits per heavy atom. The summed E-state index contributed by atoms with van der Waals surface area (Å²) in [6.07, 6.45) is 0. The largest absolute Gasteiger partial charge is 0.452 e. The van der Waals surface area contributed by atoms with Gasteiger partial charge in [-0.3, -0.25) is 20.4 Å². The molecule has 0 fully saturated rings. The SMILES string of the molecule is CN(C)c1cccc(C(=O)OCC(=O)NNC(=O)c2cccs2)c1. The molecule has 2 aromatic rings. The molecule has 0 bridgehead atoms. The molecule has 1 heterocycles. The third-order valence-corrected chi connectivity index (χ3v) is 3.86. The summed E-state index contributed by atoms with van der Waals surface area (Å²) in [4.78, 5) is 37.5. The Bertz CT molecular complexity index is 729. The first-order chi connectivity index (χ1) is 11.5. The van der Waals surface area contributed by atoms with E-state index in [4.69, 9.17) is 4.74 Å². The van der Waals surface area contributed by atoms with Gasteiger partial charge in [-0.25, -0.2) is 4.79 Å². The number of rotatable bonds is 5. The molecule has 0 unspecified atom stereocenters. The van der Waals surface area contributed by atoms with Crippen molar-refractivity contribution in [1.82, 2.24) is 10.9 Å². The number of carbonyl (C=O) groups is 3. The zero-order chi connectivity index (χ0) is 17.5. The minimum Gasteiger partial charge on any atom is -0.452 e. The lowest BCUT2D eigenvalue weighted by molar-refractivity contribution is -0.125. The number of benzene rings is 1. The highest BCUT2D eigenvalue weighted by molar-refractivity contribution is 7.12. The van der Waals surface area contributed by atoms with Crippen LogP contribution in [0.15, 0.2) is 41.8 Å². The van der Waals surface area contributed by atoms with E-state index in [9.17, 15) is 14.4 Å². The number of thiophene rings is 1. The molecular weight excluding hydrogens is 330 g/mol. The van der Waals surface area contributed by atoms with Gasteiger partial charge in [0.25, 0.3) is 11.8 Å². The van der Waals surface area contributed by atoms with Crippen molar-refractivity contribution < 1.29 is 19.1 Å². The molecular formula is C16H17N3O4S. The van der Waals surface area contributed by atoms with Crippen LogP contribution in [-0.4, -0.2) is 38.5 Å². The quantitative estimate of drug-likeness (QED) is 0.631. The zero-order valence-electron chi connectivity index (χ0n) is 13.2. The second kappa shape index (κ2) is 8.11. The average molecular weight is 347 g/mol. The number of nitrogens with zero attached hydrogens (tertiary/aromatic N) is 1. The van der Waals surface area contributed by atoms with Crippen molar-refractivity contribution in [3.63, 3.8) is 0 Å². The van der Waals surface area contributed by atoms with E-state index in [0.717, 1.165) is 5.69 Å². The van der Waals surface area contributed by atoms with Gasteiger partial charge in [0.15, 0.2) is 6.61 Å². The first kappa shape index (κ1) is 17.5. The van der Waals surface area contributed by atoms with Gasteiger partial charge in [-0.15, -0.1) is 11.3 Å². The molecule has 0 saturated carbocycles. The molecule has 1 aromatic carbocycles. The van der Waals surface area contributed by atoms with Crippen LogP contribution in [0.25, 0.3) is 0 Å². The van der Waals surface area contributed by atoms with E-state index in [1.807, 2.05) is 25.1 Å². The van der Waals surface area contributed by atoms with Crippen molar-refractivity contribution >= 4 is 34.8 Å². The van der Waals surface area contributed by atoms with Crippen molar-refractivity contribution in [2.45, 2.75) is 0 Å². The van der Waals surface area contributed by atoms with Gasteiger partial charge in [0.05, 0.1) is 10.4 Å². The predicted octanol–water partition coefficient (Wildman–Crippen LogP) is 1.43. The number of amides is 2. The summed E-state index contributed by atoms with van der Waals surface area (Å²) in [5, 5.41) is 1.75. The molecule has 0 aliphatic heterocycles. The van der Waals surface area contributed by atoms with Crippen LogP contribution in [-0.2, 0) is 9.53 Å². The van der Waals surface area contributed by atoms with E-state index in [0.29, 0.717) is 10.4 Å². The standard InChI is InChI=1S/C16H17N3O4S/c1-19(2)12-6-3-5-11(9-12)16(22)23-10-14(20)17-18-15(21)13-7-4-8-24-13/h3-9H,10H2,1-2H3,(H,17,20)(H,18,21). The number of hydrazine groups is 1. The molecule has 0 spiro atoms. The molecule has 0 aliphatic rings. The number of carbonyl (C=O) groups excluding carboxylic acids is 3. The molecule has 2 N–H and O–H groups in total. The number of hydrogen-bond acceptors (Lipinski definition) is 6. The number of nitrogens with one attached hydrogen (secondary N) is 2. The van der Waals surface area contributed by atoms with Gasteiger partial charge in [0.2, 0.25) is 0 Å². The van der Waals surface area contributed by atoms with Gasteiger partial charge in [0, 0.05) is 19.8 Å². The lowest BCUT2D eigenvalue weighted by atomic mass is 10.2. The van der Waals surface area contributed by atoms with Gasteiger partial charge in [-0.05, 0) is 29.6 Å². The number of esters is 1. The normalized spacial score (nSPS) is 9.92. The van der Waals surface area contributed by atoms with Crippen molar-refractivity contribution in [1.29, 1.82) is 0 Å². The summed E-state index contributed by atoms with van der Waals surface area (Å²) < 4.78 is 4.93. The van der Waals surface area contributed by atoms with Crippen molar-refractivity contribution in [2.24, 2.45) is 0 Å². The Labute approximate surface area is 143 Å². The molecule has 24 heavy (non-hydrogen) atoms. The van der Waals surface area contributed by atoms with Crippen molar-refractivity contribution in [3.05, 3.63) is 52.2 Å². The van der Waals surface area contributed by atoms with Crippen LogP contribution in [0, 0.1) is 0 Å². The highest BCUT2D eigenvalue weighted by Gasteiger charge is 2.12. The molecule has 0 aliphatic carbocycles. The van der Waals surface area contributed by atoms with E-state index >= 15 is 0 Å². The van der Waals surface area contributed by atoms with Crippen LogP contribution in [0.1, 0.15) is 20.0 Å². The Morgan fingerprint density at radius 2 is 1.92 bits per heavy atom. The number of ether oxygens (including phenoxy) is 1. The minimum absolute atomic E-state index is 0.344. The Morgan fingerprint density at radius 3 is 2.58 bits per heavy atom. The molecule has 1 aromatic heterocycles. The first-order valence-electron chi connectivity index (χ1n) is 7.04. The van der Waals surface area contributed by atoms with E-state index in [-0.39, 0.29) is 0 Å². The third kappa shape index (κ3) is 4.82. The van der Waals surface area contributed by atoms with Gasteiger partial charge < -0.3 is 9.64 Å². The van der Waals surface area contributed by atoms with Crippen LogP contribution >= 0.6 is 11.3 Å². The summed E-state index contributed by atoms with van der Waals surface area (Å²) in [5.41, 5.74) is 5.62. The van der Waals surface area contributed by atoms with Crippen LogP contribution in [0.2, 0.25) is 0 Å². The predicted molar refractivity (Wildman–Crippen MR) is 91.0 cm³/mol. The Kier molecular flexibility index (Phi) is 5.91. The van der Waals surface area contributed by atoms with Crippen LogP contribution in [0.4, 0.5) is 5.69 Å². The number of anilines is 1. The summed E-state index contributed by atoms with van der Waals surface area (Å²) in [6, 6.07) is 10.2. The number of hydrogen-bond donors (Lipinski definition) is 2. The van der Waals surface area contributed by atoms with Gasteiger partial charge in [0.1, 0.15) is 0 Å². The monoisotopic (exact) mass is 347 g/mol. The van der Waals surface area contributed by atoms with E-state index in [2.05, 4.69) is 10.9 Å². The molecule has 2 amide bonds. The molecule has 0 saturated heterocycles.